The van der Waals surface area contributed by atoms with Crippen molar-refractivity contribution >= 4 is 53.1 Å². The molecule has 2 N–H and O–H groups in total. The second-order valence-corrected chi connectivity index (χ2v) is 6.16. The maximum Gasteiger partial charge on any atom is 0.200 e. The quantitative estimate of drug-likeness (QED) is 0.461. The highest BCUT2D eigenvalue weighted by Crippen LogP contribution is 2.27. The number of hydrogen-bond donors (Lipinski definition) is 1. The summed E-state index contributed by atoms with van der Waals surface area (Å²) in [6.45, 7) is 2.10. The number of anilines is 1. The van der Waals surface area contributed by atoms with Gasteiger partial charge in [0.2, 0.25) is 5.96 Å². The zero-order valence-corrected chi connectivity index (χ0v) is 15.8. The van der Waals surface area contributed by atoms with E-state index in [4.69, 9.17) is 17.3 Å². The van der Waals surface area contributed by atoms with Crippen LogP contribution in [0.4, 0.5) is 11.4 Å². The van der Waals surface area contributed by atoms with Gasteiger partial charge in [0.25, 0.3) is 0 Å². The zero-order chi connectivity index (χ0) is 16.1. The summed E-state index contributed by atoms with van der Waals surface area (Å²) in [5, 5.41) is 0.603. The van der Waals surface area contributed by atoms with Crippen molar-refractivity contribution in [1.29, 1.82) is 0 Å². The first kappa shape index (κ1) is 19.7. The van der Waals surface area contributed by atoms with Crippen LogP contribution < -0.4 is 10.6 Å². The average molecular weight is 370 g/mol. The highest BCUT2D eigenvalue weighted by atomic mass is 35.5. The van der Waals surface area contributed by atoms with Gasteiger partial charge in [0.05, 0.1) is 10.7 Å². The van der Waals surface area contributed by atoms with Crippen LogP contribution in [0.5, 0.6) is 0 Å². The summed E-state index contributed by atoms with van der Waals surface area (Å²) < 4.78 is 0. The van der Waals surface area contributed by atoms with Crippen molar-refractivity contribution in [2.45, 2.75) is 18.2 Å². The van der Waals surface area contributed by atoms with Gasteiger partial charge in [0.1, 0.15) is 0 Å². The van der Waals surface area contributed by atoms with E-state index < -0.39 is 0 Å². The third kappa shape index (κ3) is 5.06. The van der Waals surface area contributed by atoms with Gasteiger partial charge < -0.3 is 10.6 Å². The number of benzene rings is 2. The van der Waals surface area contributed by atoms with Gasteiger partial charge in [-0.1, -0.05) is 30.7 Å². The lowest BCUT2D eigenvalue weighted by Crippen LogP contribution is -2.33. The molecule has 0 heterocycles. The molecule has 23 heavy (non-hydrogen) atoms. The van der Waals surface area contributed by atoms with Crippen LogP contribution in [0.3, 0.4) is 0 Å². The number of hydrogen-bond acceptors (Lipinski definition) is 2. The molecule has 6 heteroatoms. The lowest BCUT2D eigenvalue weighted by atomic mass is 10.1. The number of aryl methyl sites for hydroxylation is 1. The van der Waals surface area contributed by atoms with Gasteiger partial charge >= 0.3 is 0 Å². The first-order valence-electron chi connectivity index (χ1n) is 7.05. The average Bonchev–Trinajstić information content (AvgIpc) is 2.56. The first-order chi connectivity index (χ1) is 10.5. The molecule has 0 unspecified atom stereocenters. The van der Waals surface area contributed by atoms with E-state index >= 15 is 0 Å². The lowest BCUT2D eigenvalue weighted by molar-refractivity contribution is 1.14. The normalized spacial score (nSPS) is 11.0. The van der Waals surface area contributed by atoms with Crippen molar-refractivity contribution in [2.75, 3.05) is 18.2 Å². The molecule has 2 aromatic rings. The number of nitrogens with two attached hydrogens (primary N) is 1. The fourth-order valence-electron chi connectivity index (χ4n) is 2.01. The Balaban J connectivity index is 0.00000264. The van der Waals surface area contributed by atoms with Crippen molar-refractivity contribution in [3.63, 3.8) is 0 Å². The number of nitrogens with zero attached hydrogens (tertiary/aromatic N) is 2. The van der Waals surface area contributed by atoms with Gasteiger partial charge in [-0.3, -0.25) is 0 Å². The molecule has 0 atom stereocenters. The summed E-state index contributed by atoms with van der Waals surface area (Å²) in [5.74, 6) is 0.411. The van der Waals surface area contributed by atoms with Gasteiger partial charge in [-0.15, -0.1) is 24.2 Å². The molecule has 0 aliphatic heterocycles. The molecular weight excluding hydrogens is 349 g/mol. The summed E-state index contributed by atoms with van der Waals surface area (Å²) in [5.41, 5.74) is 9.02. The minimum atomic E-state index is 0. The van der Waals surface area contributed by atoms with Crippen molar-refractivity contribution in [3.8, 4) is 0 Å². The van der Waals surface area contributed by atoms with E-state index in [0.29, 0.717) is 16.7 Å². The summed E-state index contributed by atoms with van der Waals surface area (Å²) in [6, 6.07) is 14.0. The maximum atomic E-state index is 6.21. The van der Waals surface area contributed by atoms with Crippen molar-refractivity contribution in [2.24, 2.45) is 10.7 Å². The summed E-state index contributed by atoms with van der Waals surface area (Å²) in [6.07, 6.45) is 2.98. The summed E-state index contributed by atoms with van der Waals surface area (Å²) >= 11 is 7.91. The number of thioether (sulfide) groups is 1. The molecule has 0 saturated carbocycles. The number of aliphatic imine (C=N–C) groups is 1. The molecule has 0 fully saturated rings. The van der Waals surface area contributed by atoms with Crippen LogP contribution in [-0.4, -0.2) is 19.3 Å². The van der Waals surface area contributed by atoms with Crippen LogP contribution in [-0.2, 0) is 6.42 Å². The monoisotopic (exact) mass is 369 g/mol. The topological polar surface area (TPSA) is 41.6 Å². The van der Waals surface area contributed by atoms with Gasteiger partial charge in [-0.05, 0) is 48.6 Å². The van der Waals surface area contributed by atoms with Gasteiger partial charge in [0, 0.05) is 17.6 Å². The Morgan fingerprint density at radius 1 is 1.26 bits per heavy atom. The number of halogens is 2. The molecule has 0 radical (unpaired) electrons. The smallest absolute Gasteiger partial charge is 0.200 e. The number of rotatable bonds is 4. The van der Waals surface area contributed by atoms with Crippen LogP contribution in [0, 0.1) is 0 Å². The molecule has 0 saturated heterocycles. The summed E-state index contributed by atoms with van der Waals surface area (Å²) in [7, 11) is 1.90. The van der Waals surface area contributed by atoms with Crippen LogP contribution in [0.2, 0.25) is 5.02 Å². The lowest BCUT2D eigenvalue weighted by Gasteiger charge is -2.19. The predicted octanol–water partition coefficient (Wildman–Crippen LogP) is 5.13. The minimum absolute atomic E-state index is 0. The fraction of sp³-hybridized carbons (Fsp3) is 0.235. The molecule has 0 aliphatic carbocycles. The van der Waals surface area contributed by atoms with Crippen LogP contribution in [0.15, 0.2) is 52.4 Å². The molecular formula is C17H21Cl2N3S. The van der Waals surface area contributed by atoms with Crippen molar-refractivity contribution in [1.82, 2.24) is 0 Å². The minimum Gasteiger partial charge on any atom is -0.369 e. The highest BCUT2D eigenvalue weighted by molar-refractivity contribution is 7.98. The highest BCUT2D eigenvalue weighted by Gasteiger charge is 2.08. The first-order valence-corrected chi connectivity index (χ1v) is 8.65. The Kier molecular flexibility index (Phi) is 7.76. The maximum absolute atomic E-state index is 6.21. The third-order valence-corrected chi connectivity index (χ3v) is 4.48. The van der Waals surface area contributed by atoms with E-state index in [1.165, 1.54) is 10.5 Å². The van der Waals surface area contributed by atoms with Gasteiger partial charge in [-0.2, -0.15) is 0 Å². The van der Waals surface area contributed by atoms with E-state index in [1.807, 2.05) is 48.5 Å². The van der Waals surface area contributed by atoms with E-state index in [9.17, 15) is 0 Å². The second kappa shape index (κ2) is 9.06. The molecule has 2 rings (SSSR count). The molecule has 2 aromatic carbocycles. The molecule has 0 aromatic heterocycles. The standard InChI is InChI=1S/C17H20ClN3S.ClH/c1-4-12-8-9-15(18)16(10-12)20-17(19)21(2)13-6-5-7-14(11-13)22-3;/h5-11H,4H2,1-3H3,(H2,19,20);1H. The number of guanidine groups is 1. The van der Waals surface area contributed by atoms with E-state index in [2.05, 4.69) is 24.0 Å². The van der Waals surface area contributed by atoms with E-state index in [1.54, 1.807) is 11.8 Å². The Labute approximate surface area is 153 Å². The Morgan fingerprint density at radius 3 is 2.65 bits per heavy atom. The van der Waals surface area contributed by atoms with E-state index in [-0.39, 0.29) is 12.4 Å². The Hall–Kier alpha value is -1.36. The fourth-order valence-corrected chi connectivity index (χ4v) is 2.63. The Bertz CT molecular complexity index is 689. The molecule has 124 valence electrons. The van der Waals surface area contributed by atoms with Crippen LogP contribution >= 0.6 is 35.8 Å². The largest absolute Gasteiger partial charge is 0.369 e. The van der Waals surface area contributed by atoms with Gasteiger partial charge in [-0.25, -0.2) is 4.99 Å². The molecule has 0 amide bonds. The van der Waals surface area contributed by atoms with Gasteiger partial charge in [0.15, 0.2) is 0 Å². The molecule has 0 bridgehead atoms. The van der Waals surface area contributed by atoms with Crippen LogP contribution in [0.25, 0.3) is 0 Å². The Morgan fingerprint density at radius 2 is 2.00 bits per heavy atom. The van der Waals surface area contributed by atoms with Crippen molar-refractivity contribution in [3.05, 3.63) is 53.1 Å². The zero-order valence-electron chi connectivity index (χ0n) is 13.4. The predicted molar refractivity (Wildman–Crippen MR) is 106 cm³/mol. The summed E-state index contributed by atoms with van der Waals surface area (Å²) in [4.78, 5) is 7.52. The molecule has 0 spiro atoms. The molecule has 3 nitrogen and oxygen atoms in total. The SMILES string of the molecule is CCc1ccc(Cl)c(N=C(N)N(C)c2cccc(SC)c2)c1.Cl. The second-order valence-electron chi connectivity index (χ2n) is 4.87. The molecule has 0 aliphatic rings. The van der Waals surface area contributed by atoms with Crippen molar-refractivity contribution < 1.29 is 0 Å². The van der Waals surface area contributed by atoms with Crippen LogP contribution in [0.1, 0.15) is 12.5 Å². The third-order valence-electron chi connectivity index (χ3n) is 3.44. The van der Waals surface area contributed by atoms with E-state index in [0.717, 1.165) is 12.1 Å².